The van der Waals surface area contributed by atoms with Crippen molar-refractivity contribution in [3.63, 3.8) is 0 Å². The van der Waals surface area contributed by atoms with E-state index in [-0.39, 0.29) is 11.8 Å². The average molecular weight is 230 g/mol. The number of rotatable bonds is 3. The molecular formula is C10H12ClNOS. The van der Waals surface area contributed by atoms with E-state index < -0.39 is 0 Å². The molecule has 0 unspecified atom stereocenters. The third kappa shape index (κ3) is 2.10. The highest BCUT2D eigenvalue weighted by molar-refractivity contribution is 7.12. The van der Waals surface area contributed by atoms with Crippen molar-refractivity contribution in [3.8, 4) is 0 Å². The number of alkyl halides is 1. The standard InChI is InChI=1S/C10H12ClNOS/c11-5-10(13)12-6-8-4-7-2-1-3-9(7)14-8/h4H,1-3,5-6H2,(H,12,13). The van der Waals surface area contributed by atoms with E-state index >= 15 is 0 Å². The SMILES string of the molecule is O=C(CCl)NCc1cc2c(s1)CCC2. The number of carbonyl (C=O) groups is 1. The van der Waals surface area contributed by atoms with Crippen LogP contribution in [-0.2, 0) is 24.2 Å². The quantitative estimate of drug-likeness (QED) is 0.791. The molecule has 1 aromatic heterocycles. The number of amides is 1. The van der Waals surface area contributed by atoms with E-state index in [1.807, 2.05) is 11.3 Å². The van der Waals surface area contributed by atoms with Crippen molar-refractivity contribution in [2.75, 3.05) is 5.88 Å². The van der Waals surface area contributed by atoms with E-state index in [4.69, 9.17) is 11.6 Å². The minimum Gasteiger partial charge on any atom is -0.350 e. The highest BCUT2D eigenvalue weighted by Gasteiger charge is 2.14. The van der Waals surface area contributed by atoms with Crippen LogP contribution < -0.4 is 5.32 Å². The van der Waals surface area contributed by atoms with Crippen molar-refractivity contribution < 1.29 is 4.79 Å². The van der Waals surface area contributed by atoms with Gasteiger partial charge in [-0.1, -0.05) is 0 Å². The fourth-order valence-electron chi connectivity index (χ4n) is 1.71. The molecule has 2 rings (SSSR count). The van der Waals surface area contributed by atoms with Gasteiger partial charge in [0, 0.05) is 9.75 Å². The van der Waals surface area contributed by atoms with E-state index in [0.717, 1.165) is 0 Å². The number of fused-ring (bicyclic) bond motifs is 1. The zero-order valence-corrected chi connectivity index (χ0v) is 9.38. The Bertz CT molecular complexity index is 326. The van der Waals surface area contributed by atoms with Crippen LogP contribution in [0.3, 0.4) is 0 Å². The Morgan fingerprint density at radius 1 is 1.57 bits per heavy atom. The van der Waals surface area contributed by atoms with Crippen LogP contribution in [0.4, 0.5) is 0 Å². The van der Waals surface area contributed by atoms with Crippen LogP contribution in [0.1, 0.15) is 21.7 Å². The van der Waals surface area contributed by atoms with Crippen molar-refractivity contribution in [2.45, 2.75) is 25.8 Å². The molecule has 0 saturated carbocycles. The third-order valence-electron chi connectivity index (χ3n) is 2.38. The molecular weight excluding hydrogens is 218 g/mol. The maximum absolute atomic E-state index is 10.9. The summed E-state index contributed by atoms with van der Waals surface area (Å²) in [4.78, 5) is 13.7. The molecule has 2 nitrogen and oxygen atoms in total. The molecule has 0 aliphatic heterocycles. The summed E-state index contributed by atoms with van der Waals surface area (Å²) >= 11 is 7.20. The topological polar surface area (TPSA) is 29.1 Å². The Labute approximate surface area is 92.3 Å². The van der Waals surface area contributed by atoms with Gasteiger partial charge in [-0.2, -0.15) is 0 Å². The van der Waals surface area contributed by atoms with Crippen LogP contribution in [-0.4, -0.2) is 11.8 Å². The molecule has 1 N–H and O–H groups in total. The number of thiophene rings is 1. The summed E-state index contributed by atoms with van der Waals surface area (Å²) < 4.78 is 0. The number of hydrogen-bond donors (Lipinski definition) is 1. The molecule has 1 aliphatic carbocycles. The highest BCUT2D eigenvalue weighted by atomic mass is 35.5. The molecule has 0 spiro atoms. The molecule has 0 radical (unpaired) electrons. The summed E-state index contributed by atoms with van der Waals surface area (Å²) in [5, 5.41) is 2.78. The second-order valence-electron chi connectivity index (χ2n) is 3.43. The predicted molar refractivity (Wildman–Crippen MR) is 58.9 cm³/mol. The van der Waals surface area contributed by atoms with Crippen LogP contribution >= 0.6 is 22.9 Å². The molecule has 0 atom stereocenters. The Hall–Kier alpha value is -0.540. The van der Waals surface area contributed by atoms with Crippen LogP contribution in [0.25, 0.3) is 0 Å². The van der Waals surface area contributed by atoms with E-state index in [2.05, 4.69) is 11.4 Å². The first-order valence-corrected chi connectivity index (χ1v) is 6.08. The van der Waals surface area contributed by atoms with Gasteiger partial charge in [0.15, 0.2) is 0 Å². The van der Waals surface area contributed by atoms with Crippen molar-refractivity contribution >= 4 is 28.8 Å². The van der Waals surface area contributed by atoms with Crippen molar-refractivity contribution in [1.29, 1.82) is 0 Å². The lowest BCUT2D eigenvalue weighted by atomic mass is 10.2. The van der Waals surface area contributed by atoms with Gasteiger partial charge in [0.1, 0.15) is 5.88 Å². The smallest absolute Gasteiger partial charge is 0.235 e. The largest absolute Gasteiger partial charge is 0.350 e. The highest BCUT2D eigenvalue weighted by Crippen LogP contribution is 2.30. The molecule has 76 valence electrons. The minimum atomic E-state index is -0.0970. The van der Waals surface area contributed by atoms with Gasteiger partial charge in [0.2, 0.25) is 5.91 Å². The molecule has 0 bridgehead atoms. The Morgan fingerprint density at radius 3 is 3.14 bits per heavy atom. The van der Waals surface area contributed by atoms with E-state index in [1.54, 1.807) is 0 Å². The Kier molecular flexibility index (Phi) is 3.08. The lowest BCUT2D eigenvalue weighted by Crippen LogP contribution is -2.23. The molecule has 1 aliphatic rings. The Balaban J connectivity index is 1.94. The van der Waals surface area contributed by atoms with Gasteiger partial charge >= 0.3 is 0 Å². The van der Waals surface area contributed by atoms with E-state index in [9.17, 15) is 4.79 Å². The van der Waals surface area contributed by atoms with E-state index in [0.29, 0.717) is 6.54 Å². The lowest BCUT2D eigenvalue weighted by Gasteiger charge is -1.99. The molecule has 0 aromatic carbocycles. The molecule has 0 saturated heterocycles. The fourth-order valence-corrected chi connectivity index (χ4v) is 3.01. The number of aryl methyl sites for hydroxylation is 2. The van der Waals surface area contributed by atoms with Gasteiger partial charge in [0.25, 0.3) is 0 Å². The monoisotopic (exact) mass is 229 g/mol. The number of carbonyl (C=O) groups excluding carboxylic acids is 1. The van der Waals surface area contributed by atoms with Crippen LogP contribution in [0.15, 0.2) is 6.07 Å². The van der Waals surface area contributed by atoms with Gasteiger partial charge in [-0.05, 0) is 30.9 Å². The maximum Gasteiger partial charge on any atom is 0.235 e. The molecule has 1 aromatic rings. The molecule has 1 amide bonds. The maximum atomic E-state index is 10.9. The van der Waals surface area contributed by atoms with Gasteiger partial charge < -0.3 is 5.32 Å². The summed E-state index contributed by atoms with van der Waals surface area (Å²) in [7, 11) is 0. The summed E-state index contributed by atoms with van der Waals surface area (Å²) in [6.45, 7) is 0.628. The zero-order chi connectivity index (χ0) is 9.97. The van der Waals surface area contributed by atoms with Crippen molar-refractivity contribution in [2.24, 2.45) is 0 Å². The fraction of sp³-hybridized carbons (Fsp3) is 0.500. The molecule has 1 heterocycles. The van der Waals surface area contributed by atoms with Crippen molar-refractivity contribution in [3.05, 3.63) is 21.4 Å². The number of nitrogens with one attached hydrogen (secondary N) is 1. The average Bonchev–Trinajstić information content (AvgIpc) is 2.73. The van der Waals surface area contributed by atoms with Gasteiger partial charge in [-0.25, -0.2) is 0 Å². The second kappa shape index (κ2) is 4.32. The normalized spacial score (nSPS) is 14.1. The number of hydrogen-bond acceptors (Lipinski definition) is 2. The zero-order valence-electron chi connectivity index (χ0n) is 7.81. The predicted octanol–water partition coefficient (Wildman–Crippen LogP) is 2.09. The second-order valence-corrected chi connectivity index (χ2v) is 4.91. The first kappa shape index (κ1) is 9.99. The third-order valence-corrected chi connectivity index (χ3v) is 3.86. The molecule has 0 fully saturated rings. The van der Waals surface area contributed by atoms with Crippen molar-refractivity contribution in [1.82, 2.24) is 5.32 Å². The van der Waals surface area contributed by atoms with E-state index in [1.165, 1.54) is 34.6 Å². The van der Waals surface area contributed by atoms with Crippen LogP contribution in [0, 0.1) is 0 Å². The lowest BCUT2D eigenvalue weighted by molar-refractivity contribution is -0.118. The summed E-state index contributed by atoms with van der Waals surface area (Å²) in [6.07, 6.45) is 3.70. The van der Waals surface area contributed by atoms with Crippen LogP contribution in [0.5, 0.6) is 0 Å². The van der Waals surface area contributed by atoms with Gasteiger partial charge in [-0.3, -0.25) is 4.79 Å². The minimum absolute atomic E-state index is 0.0467. The summed E-state index contributed by atoms with van der Waals surface area (Å²) in [6, 6.07) is 2.21. The summed E-state index contributed by atoms with van der Waals surface area (Å²) in [5.41, 5.74) is 1.48. The number of halogens is 1. The molecule has 4 heteroatoms. The van der Waals surface area contributed by atoms with Gasteiger partial charge in [0.05, 0.1) is 6.54 Å². The Morgan fingerprint density at radius 2 is 2.43 bits per heavy atom. The first-order valence-electron chi connectivity index (χ1n) is 4.72. The van der Waals surface area contributed by atoms with Crippen LogP contribution in [0.2, 0.25) is 0 Å². The molecule has 14 heavy (non-hydrogen) atoms. The summed E-state index contributed by atoms with van der Waals surface area (Å²) in [5.74, 6) is -0.0503. The first-order chi connectivity index (χ1) is 6.79. The van der Waals surface area contributed by atoms with Gasteiger partial charge in [-0.15, -0.1) is 22.9 Å².